The fourth-order valence-corrected chi connectivity index (χ4v) is 2.93. The maximum Gasteiger partial charge on any atom is 0.124 e. The van der Waals surface area contributed by atoms with E-state index in [0.717, 1.165) is 25.1 Å². The van der Waals surface area contributed by atoms with Crippen LogP contribution in [0, 0.1) is 0 Å². The summed E-state index contributed by atoms with van der Waals surface area (Å²) in [6.07, 6.45) is 5.93. The molecule has 1 aliphatic rings. The highest BCUT2D eigenvalue weighted by Crippen LogP contribution is 2.35. The van der Waals surface area contributed by atoms with Crippen LogP contribution >= 0.6 is 11.8 Å². The minimum Gasteiger partial charge on any atom is -0.490 e. The molecule has 0 amide bonds. The van der Waals surface area contributed by atoms with Crippen LogP contribution in [-0.4, -0.2) is 24.7 Å². The van der Waals surface area contributed by atoms with Crippen molar-refractivity contribution in [1.82, 2.24) is 5.32 Å². The zero-order chi connectivity index (χ0) is 12.8. The molecule has 18 heavy (non-hydrogen) atoms. The molecule has 2 rings (SSSR count). The number of nitrogens with one attached hydrogen (secondary N) is 1. The van der Waals surface area contributed by atoms with Crippen molar-refractivity contribution in [2.24, 2.45) is 0 Å². The van der Waals surface area contributed by atoms with Crippen molar-refractivity contribution in [3.05, 3.63) is 29.8 Å². The Hall–Kier alpha value is -0.670. The molecule has 100 valence electrons. The fraction of sp³-hybridized carbons (Fsp3) is 0.600. The van der Waals surface area contributed by atoms with E-state index in [1.165, 1.54) is 17.7 Å². The van der Waals surface area contributed by atoms with Crippen LogP contribution in [0.3, 0.4) is 0 Å². The van der Waals surface area contributed by atoms with Crippen molar-refractivity contribution in [2.45, 2.75) is 38.3 Å². The Labute approximate surface area is 114 Å². The van der Waals surface area contributed by atoms with E-state index in [4.69, 9.17) is 4.74 Å². The van der Waals surface area contributed by atoms with Gasteiger partial charge in [0.05, 0.1) is 0 Å². The Morgan fingerprint density at radius 2 is 2.22 bits per heavy atom. The molecule has 0 fully saturated rings. The van der Waals surface area contributed by atoms with E-state index in [2.05, 4.69) is 42.8 Å². The maximum atomic E-state index is 6.09. The average molecular weight is 265 g/mol. The molecule has 1 aromatic carbocycles. The van der Waals surface area contributed by atoms with E-state index in [0.29, 0.717) is 12.1 Å². The summed E-state index contributed by atoms with van der Waals surface area (Å²) in [5, 5.41) is 3.65. The molecular weight excluding hydrogens is 242 g/mol. The van der Waals surface area contributed by atoms with Crippen LogP contribution in [0.2, 0.25) is 0 Å². The summed E-state index contributed by atoms with van der Waals surface area (Å²) < 4.78 is 6.09. The molecule has 1 aromatic rings. The van der Waals surface area contributed by atoms with Crippen molar-refractivity contribution >= 4 is 11.8 Å². The zero-order valence-corrected chi connectivity index (χ0v) is 12.1. The summed E-state index contributed by atoms with van der Waals surface area (Å²) in [4.78, 5) is 0. The number of rotatable bonds is 6. The first-order valence-electron chi connectivity index (χ1n) is 6.83. The van der Waals surface area contributed by atoms with Crippen molar-refractivity contribution in [3.63, 3.8) is 0 Å². The second-order valence-corrected chi connectivity index (χ2v) is 5.79. The summed E-state index contributed by atoms with van der Waals surface area (Å²) >= 11 is 1.90. The van der Waals surface area contributed by atoms with E-state index in [1.807, 2.05) is 11.8 Å². The second kappa shape index (κ2) is 7.05. The van der Waals surface area contributed by atoms with Gasteiger partial charge in [0.15, 0.2) is 0 Å². The van der Waals surface area contributed by atoms with Crippen molar-refractivity contribution in [3.8, 4) is 5.75 Å². The molecule has 0 saturated carbocycles. The molecule has 0 bridgehead atoms. The predicted molar refractivity (Wildman–Crippen MR) is 79.5 cm³/mol. The van der Waals surface area contributed by atoms with E-state index >= 15 is 0 Å². The van der Waals surface area contributed by atoms with Gasteiger partial charge in [-0.1, -0.05) is 25.1 Å². The second-order valence-electron chi connectivity index (χ2n) is 4.80. The Bertz CT molecular complexity index is 369. The van der Waals surface area contributed by atoms with Gasteiger partial charge >= 0.3 is 0 Å². The minimum absolute atomic E-state index is 0.363. The van der Waals surface area contributed by atoms with Crippen molar-refractivity contribution < 1.29 is 4.74 Å². The third kappa shape index (κ3) is 3.42. The standard InChI is InChI=1S/C15H23NOS/c1-3-9-16-14-11-12(8-10-18-2)17-15-7-5-4-6-13(14)15/h4-7,12,14,16H,3,8-11H2,1-2H3. The SMILES string of the molecule is CCCNC1CC(CCSC)Oc2ccccc21. The van der Waals surface area contributed by atoms with Crippen LogP contribution in [-0.2, 0) is 0 Å². The zero-order valence-electron chi connectivity index (χ0n) is 11.3. The number of benzene rings is 1. The number of ether oxygens (including phenoxy) is 1. The lowest BCUT2D eigenvalue weighted by molar-refractivity contribution is 0.147. The molecule has 1 aliphatic heterocycles. The third-order valence-corrected chi connectivity index (χ3v) is 4.02. The van der Waals surface area contributed by atoms with Crippen LogP contribution in [0.5, 0.6) is 5.75 Å². The number of fused-ring (bicyclic) bond motifs is 1. The molecule has 2 nitrogen and oxygen atoms in total. The monoisotopic (exact) mass is 265 g/mol. The lowest BCUT2D eigenvalue weighted by Gasteiger charge is -2.32. The van der Waals surface area contributed by atoms with Crippen LogP contribution in [0.4, 0.5) is 0 Å². The highest BCUT2D eigenvalue weighted by Gasteiger charge is 2.27. The highest BCUT2D eigenvalue weighted by molar-refractivity contribution is 7.98. The number of thioether (sulfide) groups is 1. The molecular formula is C15H23NOS. The van der Waals surface area contributed by atoms with Gasteiger partial charge in [0.1, 0.15) is 11.9 Å². The molecule has 0 aliphatic carbocycles. The summed E-state index contributed by atoms with van der Waals surface area (Å²) in [5.41, 5.74) is 1.33. The molecule has 2 atom stereocenters. The third-order valence-electron chi connectivity index (χ3n) is 3.37. The van der Waals surface area contributed by atoms with Crippen LogP contribution in [0.15, 0.2) is 24.3 Å². The van der Waals surface area contributed by atoms with Crippen molar-refractivity contribution in [1.29, 1.82) is 0 Å². The lowest BCUT2D eigenvalue weighted by Crippen LogP contribution is -2.33. The van der Waals surface area contributed by atoms with E-state index in [1.54, 1.807) is 0 Å². The van der Waals surface area contributed by atoms with Crippen LogP contribution < -0.4 is 10.1 Å². The highest BCUT2D eigenvalue weighted by atomic mass is 32.2. The molecule has 0 spiro atoms. The summed E-state index contributed by atoms with van der Waals surface area (Å²) in [6, 6.07) is 8.91. The van der Waals surface area contributed by atoms with Crippen molar-refractivity contribution in [2.75, 3.05) is 18.6 Å². The fourth-order valence-electron chi connectivity index (χ4n) is 2.43. The number of para-hydroxylation sites is 1. The predicted octanol–water partition coefficient (Wildman–Crippen LogP) is 3.63. The molecule has 3 heteroatoms. The summed E-state index contributed by atoms with van der Waals surface area (Å²) in [7, 11) is 0. The largest absolute Gasteiger partial charge is 0.490 e. The molecule has 1 N–H and O–H groups in total. The Balaban J connectivity index is 2.08. The van der Waals surface area contributed by atoms with Gasteiger partial charge in [0, 0.05) is 18.0 Å². The molecule has 0 aromatic heterocycles. The normalized spacial score (nSPS) is 22.3. The van der Waals surface area contributed by atoms with Gasteiger partial charge in [-0.05, 0) is 37.5 Å². The van der Waals surface area contributed by atoms with Crippen LogP contribution in [0.1, 0.15) is 37.8 Å². The van der Waals surface area contributed by atoms with Gasteiger partial charge in [0.2, 0.25) is 0 Å². The Kier molecular flexibility index (Phi) is 5.39. The molecule has 1 heterocycles. The van der Waals surface area contributed by atoms with E-state index in [-0.39, 0.29) is 0 Å². The number of hydrogen-bond acceptors (Lipinski definition) is 3. The van der Waals surface area contributed by atoms with Gasteiger partial charge in [-0.3, -0.25) is 0 Å². The van der Waals surface area contributed by atoms with Gasteiger partial charge in [-0.25, -0.2) is 0 Å². The topological polar surface area (TPSA) is 21.3 Å². The summed E-state index contributed by atoms with van der Waals surface area (Å²) in [5.74, 6) is 2.25. The first-order valence-corrected chi connectivity index (χ1v) is 8.22. The van der Waals surface area contributed by atoms with Gasteiger partial charge in [0.25, 0.3) is 0 Å². The smallest absolute Gasteiger partial charge is 0.124 e. The molecule has 0 saturated heterocycles. The van der Waals surface area contributed by atoms with Gasteiger partial charge in [-0.2, -0.15) is 11.8 Å². The molecule has 2 unspecified atom stereocenters. The van der Waals surface area contributed by atoms with Crippen LogP contribution in [0.25, 0.3) is 0 Å². The number of hydrogen-bond donors (Lipinski definition) is 1. The van der Waals surface area contributed by atoms with Gasteiger partial charge in [-0.15, -0.1) is 0 Å². The maximum absolute atomic E-state index is 6.09. The Morgan fingerprint density at radius 1 is 1.39 bits per heavy atom. The first kappa shape index (κ1) is 13.8. The molecule has 0 radical (unpaired) electrons. The Morgan fingerprint density at radius 3 is 3.00 bits per heavy atom. The minimum atomic E-state index is 0.363. The first-order chi connectivity index (χ1) is 8.85. The van der Waals surface area contributed by atoms with E-state index in [9.17, 15) is 0 Å². The average Bonchev–Trinajstić information content (AvgIpc) is 2.42. The summed E-state index contributed by atoms with van der Waals surface area (Å²) in [6.45, 7) is 3.29. The quantitative estimate of drug-likeness (QED) is 0.848. The van der Waals surface area contributed by atoms with Gasteiger partial charge < -0.3 is 10.1 Å². The van der Waals surface area contributed by atoms with E-state index < -0.39 is 0 Å². The lowest BCUT2D eigenvalue weighted by atomic mass is 9.95.